The van der Waals surface area contributed by atoms with Crippen LogP contribution >= 0.6 is 0 Å². The molecule has 0 amide bonds. The topological polar surface area (TPSA) is 73.9 Å². The first-order valence-corrected chi connectivity index (χ1v) is 6.36. The number of esters is 2. The van der Waals surface area contributed by atoms with Crippen LogP contribution in [0.25, 0.3) is 0 Å². The smallest absolute Gasteiger partial charge is 0.387 e. The highest BCUT2D eigenvalue weighted by atomic mass is 19.3. The summed E-state index contributed by atoms with van der Waals surface area (Å²) < 4.78 is 51.9. The molecule has 1 aliphatic heterocycles. The van der Waals surface area contributed by atoms with Crippen molar-refractivity contribution in [1.29, 1.82) is 0 Å². The zero-order valence-corrected chi connectivity index (χ0v) is 12.1. The highest BCUT2D eigenvalue weighted by Gasteiger charge is 2.39. The van der Waals surface area contributed by atoms with Gasteiger partial charge in [0.1, 0.15) is 0 Å². The third-order valence-electron chi connectivity index (χ3n) is 2.66. The molecule has 0 radical (unpaired) electrons. The van der Waals surface area contributed by atoms with Gasteiger partial charge in [0.05, 0.1) is 5.69 Å². The Morgan fingerprint density at radius 1 is 1.22 bits per heavy atom. The number of para-hydroxylation sites is 1. The van der Waals surface area contributed by atoms with Crippen molar-refractivity contribution in [3.8, 4) is 5.75 Å². The standard InChI is InChI=1S/C14H12F3NO5/c1-14(2)22-11(19)7(12(20)23-14)6-18-9-5-3-4-8(15)10(9)21-13(16)17/h3-6,13,18H,1-2H3. The largest absolute Gasteiger partial charge is 0.429 e. The maximum atomic E-state index is 13.5. The van der Waals surface area contributed by atoms with Crippen LogP contribution in [-0.2, 0) is 19.1 Å². The fourth-order valence-electron chi connectivity index (χ4n) is 1.76. The van der Waals surface area contributed by atoms with E-state index in [1.54, 1.807) is 0 Å². The molecule has 0 saturated carbocycles. The Balaban J connectivity index is 2.25. The number of ether oxygens (including phenoxy) is 3. The summed E-state index contributed by atoms with van der Waals surface area (Å²) in [7, 11) is 0. The molecule has 1 aromatic rings. The van der Waals surface area contributed by atoms with Crippen molar-refractivity contribution in [2.45, 2.75) is 26.2 Å². The minimum atomic E-state index is -3.24. The molecule has 0 atom stereocenters. The molecule has 1 fully saturated rings. The van der Waals surface area contributed by atoms with E-state index in [1.807, 2.05) is 0 Å². The number of halogens is 3. The van der Waals surface area contributed by atoms with Gasteiger partial charge in [0, 0.05) is 20.0 Å². The highest BCUT2D eigenvalue weighted by Crippen LogP contribution is 2.30. The Morgan fingerprint density at radius 2 is 1.83 bits per heavy atom. The summed E-state index contributed by atoms with van der Waals surface area (Å²) in [5, 5.41) is 2.36. The summed E-state index contributed by atoms with van der Waals surface area (Å²) in [6.45, 7) is -0.506. The Hall–Kier alpha value is -2.71. The van der Waals surface area contributed by atoms with E-state index in [4.69, 9.17) is 9.47 Å². The second-order valence-corrected chi connectivity index (χ2v) is 4.88. The quantitative estimate of drug-likeness (QED) is 0.519. The fourth-order valence-corrected chi connectivity index (χ4v) is 1.76. The molecule has 1 aliphatic rings. The molecule has 1 heterocycles. The van der Waals surface area contributed by atoms with E-state index in [-0.39, 0.29) is 5.69 Å². The molecule has 1 N–H and O–H groups in total. The number of alkyl halides is 2. The molecule has 6 nitrogen and oxygen atoms in total. The fraction of sp³-hybridized carbons (Fsp3) is 0.286. The third kappa shape index (κ3) is 3.93. The SMILES string of the molecule is CC1(C)OC(=O)C(=CNc2cccc(F)c2OC(F)F)C(=O)O1. The second kappa shape index (κ2) is 6.19. The van der Waals surface area contributed by atoms with E-state index < -0.39 is 41.5 Å². The number of benzene rings is 1. The monoisotopic (exact) mass is 331 g/mol. The zero-order chi connectivity index (χ0) is 17.2. The van der Waals surface area contributed by atoms with Crippen molar-refractivity contribution in [1.82, 2.24) is 0 Å². The van der Waals surface area contributed by atoms with Crippen molar-refractivity contribution in [2.75, 3.05) is 5.32 Å². The lowest BCUT2D eigenvalue weighted by Crippen LogP contribution is -2.42. The molecule has 0 aliphatic carbocycles. The van der Waals surface area contributed by atoms with Gasteiger partial charge in [0.15, 0.2) is 17.1 Å². The number of nitrogens with one attached hydrogen (secondary N) is 1. The van der Waals surface area contributed by atoms with E-state index >= 15 is 0 Å². The lowest BCUT2D eigenvalue weighted by atomic mass is 10.2. The Bertz CT molecular complexity index is 650. The molecule has 0 bridgehead atoms. The number of rotatable bonds is 4. The van der Waals surface area contributed by atoms with E-state index in [2.05, 4.69) is 10.1 Å². The first kappa shape index (κ1) is 16.7. The normalized spacial score (nSPS) is 16.7. The van der Waals surface area contributed by atoms with Gasteiger partial charge in [-0.05, 0) is 12.1 Å². The Kier molecular flexibility index (Phi) is 4.48. The summed E-state index contributed by atoms with van der Waals surface area (Å²) in [6, 6.07) is 3.37. The first-order chi connectivity index (χ1) is 10.7. The van der Waals surface area contributed by atoms with Gasteiger partial charge < -0.3 is 19.5 Å². The highest BCUT2D eigenvalue weighted by molar-refractivity contribution is 6.15. The average Bonchev–Trinajstić information content (AvgIpc) is 2.39. The summed E-state index contributed by atoms with van der Waals surface area (Å²) >= 11 is 0. The van der Waals surface area contributed by atoms with Gasteiger partial charge in [-0.2, -0.15) is 8.78 Å². The summed E-state index contributed by atoms with van der Waals surface area (Å²) in [6.07, 6.45) is 0.868. The van der Waals surface area contributed by atoms with Crippen LogP contribution in [0.5, 0.6) is 5.75 Å². The third-order valence-corrected chi connectivity index (χ3v) is 2.66. The first-order valence-electron chi connectivity index (χ1n) is 6.36. The van der Waals surface area contributed by atoms with Crippen LogP contribution in [0, 0.1) is 5.82 Å². The minimum absolute atomic E-state index is 0.205. The average molecular weight is 331 g/mol. The second-order valence-electron chi connectivity index (χ2n) is 4.88. The van der Waals surface area contributed by atoms with Crippen molar-refractivity contribution in [3.05, 3.63) is 35.8 Å². The van der Waals surface area contributed by atoms with Gasteiger partial charge in [0.2, 0.25) is 0 Å². The summed E-state index contributed by atoms with van der Waals surface area (Å²) in [5.41, 5.74) is -0.709. The van der Waals surface area contributed by atoms with Crippen LogP contribution in [0.4, 0.5) is 18.9 Å². The van der Waals surface area contributed by atoms with E-state index in [9.17, 15) is 22.8 Å². The van der Waals surface area contributed by atoms with Crippen LogP contribution < -0.4 is 10.1 Å². The predicted octanol–water partition coefficient (Wildman–Crippen LogP) is 2.56. The van der Waals surface area contributed by atoms with Crippen molar-refractivity contribution in [3.63, 3.8) is 0 Å². The van der Waals surface area contributed by atoms with Crippen LogP contribution in [0.1, 0.15) is 13.8 Å². The van der Waals surface area contributed by atoms with Crippen LogP contribution in [0.3, 0.4) is 0 Å². The van der Waals surface area contributed by atoms with Gasteiger partial charge >= 0.3 is 18.6 Å². The lowest BCUT2D eigenvalue weighted by molar-refractivity contribution is -0.222. The summed E-state index contributed by atoms with van der Waals surface area (Å²) in [4.78, 5) is 23.4. The van der Waals surface area contributed by atoms with Gasteiger partial charge in [0.25, 0.3) is 5.79 Å². The molecular formula is C14H12F3NO5. The van der Waals surface area contributed by atoms with Crippen molar-refractivity contribution < 1.29 is 37.0 Å². The van der Waals surface area contributed by atoms with Gasteiger partial charge in [-0.1, -0.05) is 6.07 Å². The number of anilines is 1. The Labute approximate surface area is 128 Å². The van der Waals surface area contributed by atoms with Crippen molar-refractivity contribution >= 4 is 17.6 Å². The van der Waals surface area contributed by atoms with E-state index in [0.717, 1.165) is 12.3 Å². The molecular weight excluding hydrogens is 319 g/mol. The maximum absolute atomic E-state index is 13.5. The van der Waals surface area contributed by atoms with Gasteiger partial charge in [-0.3, -0.25) is 0 Å². The van der Waals surface area contributed by atoms with Gasteiger partial charge in [-0.25, -0.2) is 14.0 Å². The Morgan fingerprint density at radius 3 is 2.39 bits per heavy atom. The summed E-state index contributed by atoms with van der Waals surface area (Å²) in [5.74, 6) is -5.13. The molecule has 1 saturated heterocycles. The number of carbonyl (C=O) groups excluding carboxylic acids is 2. The molecule has 2 rings (SSSR count). The molecule has 1 aromatic carbocycles. The molecule has 124 valence electrons. The van der Waals surface area contributed by atoms with E-state index in [1.165, 1.54) is 26.0 Å². The number of hydrogen-bond acceptors (Lipinski definition) is 6. The number of hydrogen-bond donors (Lipinski definition) is 1. The predicted molar refractivity (Wildman–Crippen MR) is 71.0 cm³/mol. The van der Waals surface area contributed by atoms with E-state index in [0.29, 0.717) is 0 Å². The lowest BCUT2D eigenvalue weighted by Gasteiger charge is -2.29. The number of carbonyl (C=O) groups is 2. The molecule has 0 unspecified atom stereocenters. The molecule has 0 spiro atoms. The maximum Gasteiger partial charge on any atom is 0.387 e. The molecule has 0 aromatic heterocycles. The minimum Gasteiger partial charge on any atom is -0.429 e. The van der Waals surface area contributed by atoms with Crippen LogP contribution in [-0.4, -0.2) is 24.3 Å². The zero-order valence-electron chi connectivity index (χ0n) is 12.1. The van der Waals surface area contributed by atoms with Crippen LogP contribution in [0.2, 0.25) is 0 Å². The van der Waals surface area contributed by atoms with Crippen LogP contribution in [0.15, 0.2) is 30.0 Å². The molecule has 9 heteroatoms. The van der Waals surface area contributed by atoms with Gasteiger partial charge in [-0.15, -0.1) is 0 Å². The molecule has 23 heavy (non-hydrogen) atoms. The van der Waals surface area contributed by atoms with Crippen molar-refractivity contribution in [2.24, 2.45) is 0 Å². The number of cyclic esters (lactones) is 2.